The third-order valence-electron chi connectivity index (χ3n) is 6.72. The highest BCUT2D eigenvalue weighted by atomic mass is 19.1. The van der Waals surface area contributed by atoms with Crippen molar-refractivity contribution in [3.8, 4) is 0 Å². The summed E-state index contributed by atoms with van der Waals surface area (Å²) in [6.45, 7) is 8.23. The van der Waals surface area contributed by atoms with Gasteiger partial charge < -0.3 is 9.80 Å². The lowest BCUT2D eigenvalue weighted by molar-refractivity contribution is -0.137. The molecule has 1 aromatic heterocycles. The zero-order valence-corrected chi connectivity index (χ0v) is 18.4. The van der Waals surface area contributed by atoms with Crippen LogP contribution in [-0.2, 0) is 16.6 Å². The van der Waals surface area contributed by atoms with E-state index in [-0.39, 0.29) is 17.6 Å². The highest BCUT2D eigenvalue weighted by molar-refractivity contribution is 5.87. The molecule has 2 aromatic rings. The molecule has 5 nitrogen and oxygen atoms in total. The van der Waals surface area contributed by atoms with Crippen molar-refractivity contribution >= 4 is 11.7 Å². The van der Waals surface area contributed by atoms with E-state index in [4.69, 9.17) is 9.97 Å². The number of carbonyl (C=O) groups is 1. The van der Waals surface area contributed by atoms with Gasteiger partial charge in [-0.1, -0.05) is 12.1 Å². The van der Waals surface area contributed by atoms with Gasteiger partial charge in [0.25, 0.3) is 0 Å². The number of amides is 1. The molecule has 0 radical (unpaired) electrons. The van der Waals surface area contributed by atoms with Crippen LogP contribution in [0.4, 0.5) is 10.2 Å². The minimum absolute atomic E-state index is 0.0498. The molecule has 0 aliphatic carbocycles. The minimum Gasteiger partial charge on any atom is -0.359 e. The Morgan fingerprint density at radius 1 is 1.17 bits per heavy atom. The lowest BCUT2D eigenvalue weighted by Crippen LogP contribution is -2.47. The first-order valence-corrected chi connectivity index (χ1v) is 10.9. The molecule has 1 amide bonds. The Labute approximate surface area is 178 Å². The van der Waals surface area contributed by atoms with Crippen LogP contribution in [0, 0.1) is 12.7 Å². The smallest absolute Gasteiger partial charge is 0.232 e. The Morgan fingerprint density at radius 2 is 1.90 bits per heavy atom. The number of nitrogens with zero attached hydrogens (tertiary/aromatic N) is 4. The number of anilines is 1. The topological polar surface area (TPSA) is 49.3 Å². The van der Waals surface area contributed by atoms with Gasteiger partial charge in [0.1, 0.15) is 17.5 Å². The summed E-state index contributed by atoms with van der Waals surface area (Å²) in [5, 5.41) is 0. The summed E-state index contributed by atoms with van der Waals surface area (Å²) in [6.07, 6.45) is 3.91. The molecule has 2 aliphatic heterocycles. The van der Waals surface area contributed by atoms with E-state index in [2.05, 4.69) is 18.9 Å². The number of hydrogen-bond donors (Lipinski definition) is 0. The lowest BCUT2D eigenvalue weighted by Gasteiger charge is -2.37. The molecule has 1 fully saturated rings. The van der Waals surface area contributed by atoms with Gasteiger partial charge >= 0.3 is 0 Å². The van der Waals surface area contributed by atoms with Crippen molar-refractivity contribution in [2.45, 2.75) is 57.8 Å². The number of likely N-dealkylation sites (tertiary alicyclic amines) is 1. The molecule has 1 aromatic carbocycles. The van der Waals surface area contributed by atoms with Crippen molar-refractivity contribution in [3.63, 3.8) is 0 Å². The number of aromatic nitrogens is 2. The Balaban J connectivity index is 1.47. The predicted molar refractivity (Wildman–Crippen MR) is 116 cm³/mol. The number of aryl methyl sites for hydroxylation is 1. The molecule has 2 aliphatic rings. The molecule has 0 N–H and O–H groups in total. The number of hydrogen-bond acceptors (Lipinski definition) is 4. The molecular weight excluding hydrogens is 379 g/mol. The van der Waals surface area contributed by atoms with Crippen molar-refractivity contribution < 1.29 is 9.18 Å². The van der Waals surface area contributed by atoms with Crippen LogP contribution < -0.4 is 4.90 Å². The number of benzene rings is 1. The number of halogens is 1. The summed E-state index contributed by atoms with van der Waals surface area (Å²) in [4.78, 5) is 27.1. The van der Waals surface area contributed by atoms with Gasteiger partial charge in [-0.25, -0.2) is 14.4 Å². The Morgan fingerprint density at radius 3 is 2.60 bits per heavy atom. The summed E-state index contributed by atoms with van der Waals surface area (Å²) in [6, 6.07) is 6.37. The van der Waals surface area contributed by atoms with E-state index in [0.29, 0.717) is 18.7 Å². The highest BCUT2D eigenvalue weighted by Crippen LogP contribution is 2.33. The van der Waals surface area contributed by atoms with E-state index in [1.54, 1.807) is 6.07 Å². The van der Waals surface area contributed by atoms with Crippen LogP contribution in [0.5, 0.6) is 0 Å². The Bertz CT molecular complexity index is 950. The van der Waals surface area contributed by atoms with Crippen LogP contribution >= 0.6 is 0 Å². The van der Waals surface area contributed by atoms with Gasteiger partial charge in [0.05, 0.1) is 5.41 Å². The maximum atomic E-state index is 13.7. The van der Waals surface area contributed by atoms with Crippen LogP contribution in [0.1, 0.15) is 61.7 Å². The second kappa shape index (κ2) is 7.97. The maximum absolute atomic E-state index is 13.7. The molecular formula is C24H31FN4O. The van der Waals surface area contributed by atoms with E-state index in [9.17, 15) is 9.18 Å². The maximum Gasteiger partial charge on any atom is 0.232 e. The quantitative estimate of drug-likeness (QED) is 0.768. The standard InChI is InChI=1S/C24H31FN4O/c1-16-20-9-6-12-28(4)22(20)27-21(26-16)17-10-13-29(14-11-17)23(30)24(2,3)18-7-5-8-19(25)15-18/h5,7-8,15,17H,6,9-14H2,1-4H3. The Hall–Kier alpha value is -2.50. The molecule has 0 atom stereocenters. The average molecular weight is 411 g/mol. The third kappa shape index (κ3) is 3.80. The first-order valence-electron chi connectivity index (χ1n) is 10.9. The first-order chi connectivity index (χ1) is 14.3. The van der Waals surface area contributed by atoms with Gasteiger partial charge in [0, 0.05) is 43.9 Å². The van der Waals surface area contributed by atoms with Gasteiger partial charge in [-0.3, -0.25) is 4.79 Å². The molecule has 4 rings (SSSR count). The highest BCUT2D eigenvalue weighted by Gasteiger charge is 2.36. The molecule has 6 heteroatoms. The molecule has 0 unspecified atom stereocenters. The van der Waals surface area contributed by atoms with E-state index < -0.39 is 5.41 Å². The lowest BCUT2D eigenvalue weighted by atomic mass is 9.82. The second-order valence-electron chi connectivity index (χ2n) is 9.20. The zero-order chi connectivity index (χ0) is 21.5. The van der Waals surface area contributed by atoms with E-state index >= 15 is 0 Å². The predicted octanol–water partition coefficient (Wildman–Crippen LogP) is 3.99. The monoisotopic (exact) mass is 410 g/mol. The fourth-order valence-electron chi connectivity index (χ4n) is 4.73. The number of rotatable bonds is 3. The summed E-state index contributed by atoms with van der Waals surface area (Å²) >= 11 is 0. The van der Waals surface area contributed by atoms with E-state index in [1.807, 2.05) is 24.8 Å². The number of carbonyl (C=O) groups excluding carboxylic acids is 1. The van der Waals surface area contributed by atoms with Crippen LogP contribution in [0.2, 0.25) is 0 Å². The summed E-state index contributed by atoms with van der Waals surface area (Å²) < 4.78 is 13.7. The molecule has 30 heavy (non-hydrogen) atoms. The fraction of sp³-hybridized carbons (Fsp3) is 0.542. The van der Waals surface area contributed by atoms with Gasteiger partial charge in [0.15, 0.2) is 0 Å². The van der Waals surface area contributed by atoms with Crippen LogP contribution in [0.15, 0.2) is 24.3 Å². The van der Waals surface area contributed by atoms with Gasteiger partial charge in [0.2, 0.25) is 5.91 Å². The Kier molecular flexibility index (Phi) is 5.51. The minimum atomic E-state index is -0.753. The van der Waals surface area contributed by atoms with Gasteiger partial charge in [-0.15, -0.1) is 0 Å². The molecule has 1 saturated heterocycles. The van der Waals surface area contributed by atoms with E-state index in [1.165, 1.54) is 17.7 Å². The normalized spacial score (nSPS) is 17.8. The SMILES string of the molecule is Cc1nc(C2CCN(C(=O)C(C)(C)c3cccc(F)c3)CC2)nc2c1CCCN2C. The molecule has 0 spiro atoms. The largest absolute Gasteiger partial charge is 0.359 e. The van der Waals surface area contributed by atoms with Crippen molar-refractivity contribution in [3.05, 3.63) is 52.7 Å². The number of piperidine rings is 1. The first kappa shape index (κ1) is 20.8. The van der Waals surface area contributed by atoms with Crippen LogP contribution in [-0.4, -0.2) is 47.5 Å². The van der Waals surface area contributed by atoms with Crippen LogP contribution in [0.3, 0.4) is 0 Å². The summed E-state index contributed by atoms with van der Waals surface area (Å²) in [5.74, 6) is 2.00. The summed E-state index contributed by atoms with van der Waals surface area (Å²) in [5.41, 5.74) is 2.33. The summed E-state index contributed by atoms with van der Waals surface area (Å²) in [7, 11) is 2.10. The molecule has 0 saturated carbocycles. The van der Waals surface area contributed by atoms with Gasteiger partial charge in [-0.05, 0) is 64.2 Å². The van der Waals surface area contributed by atoms with E-state index in [0.717, 1.165) is 49.6 Å². The molecule has 3 heterocycles. The van der Waals surface area contributed by atoms with Crippen LogP contribution in [0.25, 0.3) is 0 Å². The molecule has 0 bridgehead atoms. The third-order valence-corrected chi connectivity index (χ3v) is 6.72. The van der Waals surface area contributed by atoms with Crippen molar-refractivity contribution in [1.82, 2.24) is 14.9 Å². The zero-order valence-electron chi connectivity index (χ0n) is 18.4. The second-order valence-corrected chi connectivity index (χ2v) is 9.20. The number of fused-ring (bicyclic) bond motifs is 1. The van der Waals surface area contributed by atoms with Crippen molar-refractivity contribution in [1.29, 1.82) is 0 Å². The van der Waals surface area contributed by atoms with Gasteiger partial charge in [-0.2, -0.15) is 0 Å². The van der Waals surface area contributed by atoms with Crippen molar-refractivity contribution in [2.75, 3.05) is 31.6 Å². The fourth-order valence-corrected chi connectivity index (χ4v) is 4.73. The molecule has 160 valence electrons. The average Bonchev–Trinajstić information content (AvgIpc) is 2.74. The van der Waals surface area contributed by atoms with Crippen molar-refractivity contribution in [2.24, 2.45) is 0 Å².